The van der Waals surface area contributed by atoms with Gasteiger partial charge in [-0.1, -0.05) is 0 Å². The van der Waals surface area contributed by atoms with Gasteiger partial charge >= 0.3 is 0 Å². The molecule has 2 rings (SSSR count). The maximum atomic E-state index is 11.5. The lowest BCUT2D eigenvalue weighted by Gasteiger charge is -2.10. The molecule has 3 N–H and O–H groups in total. The monoisotopic (exact) mass is 229 g/mol. The van der Waals surface area contributed by atoms with Crippen molar-refractivity contribution in [2.75, 3.05) is 18.2 Å². The van der Waals surface area contributed by atoms with Gasteiger partial charge < -0.3 is 10.6 Å². The summed E-state index contributed by atoms with van der Waals surface area (Å²) >= 11 is 1.69. The van der Waals surface area contributed by atoms with Gasteiger partial charge in [0, 0.05) is 17.7 Å². The Hall–Kier alpha value is -0.750. The van der Waals surface area contributed by atoms with E-state index in [9.17, 15) is 9.59 Å². The number of thioether (sulfide) groups is 1. The Morgan fingerprint density at radius 2 is 2.20 bits per heavy atom. The molecular weight excluding hydrogens is 214 g/mol. The van der Waals surface area contributed by atoms with Gasteiger partial charge in [-0.2, -0.15) is 0 Å². The van der Waals surface area contributed by atoms with Crippen LogP contribution in [0.1, 0.15) is 12.8 Å². The minimum Gasteiger partial charge on any atom is -0.352 e. The summed E-state index contributed by atoms with van der Waals surface area (Å²) in [6.07, 6.45) is 2.14. The zero-order valence-electron chi connectivity index (χ0n) is 8.41. The summed E-state index contributed by atoms with van der Waals surface area (Å²) in [6, 6.07) is 0.221. The Morgan fingerprint density at radius 3 is 2.80 bits per heavy atom. The minimum atomic E-state index is -0.135. The lowest BCUT2D eigenvalue weighted by molar-refractivity contribution is -0.126. The van der Waals surface area contributed by atoms with Crippen LogP contribution in [0.5, 0.6) is 0 Å². The maximum absolute atomic E-state index is 11.5. The lowest BCUT2D eigenvalue weighted by atomic mass is 10.3. The van der Waals surface area contributed by atoms with E-state index in [4.69, 9.17) is 0 Å². The third-order valence-electron chi connectivity index (χ3n) is 2.40. The van der Waals surface area contributed by atoms with Crippen molar-refractivity contribution >= 4 is 23.6 Å². The number of carbonyl (C=O) groups excluding carboxylic acids is 2. The van der Waals surface area contributed by atoms with Crippen LogP contribution in [0.4, 0.5) is 0 Å². The topological polar surface area (TPSA) is 70.2 Å². The standard InChI is InChI=1S/C9H15N3O2S/c13-8(12-6-1-2-6)3-10-9(14)7-4-15-5-11-7/h6-7,11H,1-5H2,(H,10,14)(H,12,13)/t7-/m1/s1. The molecule has 15 heavy (non-hydrogen) atoms. The fourth-order valence-electron chi connectivity index (χ4n) is 1.36. The van der Waals surface area contributed by atoms with Crippen LogP contribution in [0.15, 0.2) is 0 Å². The highest BCUT2D eigenvalue weighted by atomic mass is 32.2. The highest BCUT2D eigenvalue weighted by molar-refractivity contribution is 7.99. The molecule has 2 fully saturated rings. The summed E-state index contributed by atoms with van der Waals surface area (Å²) in [6.45, 7) is 0.0954. The third kappa shape index (κ3) is 3.39. The van der Waals surface area contributed by atoms with Gasteiger partial charge in [-0.05, 0) is 12.8 Å². The van der Waals surface area contributed by atoms with E-state index in [1.54, 1.807) is 11.8 Å². The quantitative estimate of drug-likeness (QED) is 0.581. The van der Waals surface area contributed by atoms with E-state index in [1.807, 2.05) is 0 Å². The van der Waals surface area contributed by atoms with Gasteiger partial charge in [0.2, 0.25) is 11.8 Å². The van der Waals surface area contributed by atoms with E-state index in [0.29, 0.717) is 6.04 Å². The average Bonchev–Trinajstić information content (AvgIpc) is 2.86. The molecule has 1 aliphatic heterocycles. The molecule has 5 nitrogen and oxygen atoms in total. The fourth-order valence-corrected chi connectivity index (χ4v) is 2.30. The molecule has 1 aliphatic carbocycles. The van der Waals surface area contributed by atoms with Gasteiger partial charge in [0.15, 0.2) is 0 Å². The molecule has 1 saturated carbocycles. The molecule has 0 spiro atoms. The highest BCUT2D eigenvalue weighted by Crippen LogP contribution is 2.18. The molecule has 0 radical (unpaired) electrons. The number of amides is 2. The molecule has 0 bridgehead atoms. The average molecular weight is 229 g/mol. The fraction of sp³-hybridized carbons (Fsp3) is 0.778. The van der Waals surface area contributed by atoms with E-state index in [1.165, 1.54) is 0 Å². The van der Waals surface area contributed by atoms with E-state index in [-0.39, 0.29) is 24.4 Å². The highest BCUT2D eigenvalue weighted by Gasteiger charge is 2.25. The Balaban J connectivity index is 1.62. The van der Waals surface area contributed by atoms with Crippen LogP contribution in [0.3, 0.4) is 0 Å². The molecule has 0 aromatic heterocycles. The Morgan fingerprint density at radius 1 is 1.40 bits per heavy atom. The minimum absolute atomic E-state index is 0.0778. The lowest BCUT2D eigenvalue weighted by Crippen LogP contribution is -2.46. The van der Waals surface area contributed by atoms with E-state index in [0.717, 1.165) is 24.5 Å². The van der Waals surface area contributed by atoms with Gasteiger partial charge in [0.1, 0.15) is 0 Å². The van der Waals surface area contributed by atoms with Crippen LogP contribution in [0.25, 0.3) is 0 Å². The van der Waals surface area contributed by atoms with Gasteiger partial charge in [0.25, 0.3) is 0 Å². The number of hydrogen-bond acceptors (Lipinski definition) is 4. The van der Waals surface area contributed by atoms with Crippen LogP contribution in [0.2, 0.25) is 0 Å². The van der Waals surface area contributed by atoms with Crippen LogP contribution in [-0.4, -0.2) is 42.1 Å². The summed E-state index contributed by atoms with van der Waals surface area (Å²) in [5.41, 5.74) is 0. The summed E-state index contributed by atoms with van der Waals surface area (Å²) in [5, 5.41) is 8.50. The molecule has 1 atom stereocenters. The first kappa shape index (κ1) is 10.8. The van der Waals surface area contributed by atoms with Gasteiger partial charge in [-0.3, -0.25) is 14.9 Å². The van der Waals surface area contributed by atoms with Crippen LogP contribution in [0, 0.1) is 0 Å². The second-order valence-electron chi connectivity index (χ2n) is 3.83. The predicted octanol–water partition coefficient (Wildman–Crippen LogP) is -0.956. The summed E-state index contributed by atoms with van der Waals surface area (Å²) < 4.78 is 0. The molecule has 6 heteroatoms. The van der Waals surface area contributed by atoms with Gasteiger partial charge in [-0.25, -0.2) is 0 Å². The second-order valence-corrected chi connectivity index (χ2v) is 4.86. The Bertz CT molecular complexity index is 262. The largest absolute Gasteiger partial charge is 0.352 e. The number of nitrogens with one attached hydrogen (secondary N) is 3. The first-order valence-electron chi connectivity index (χ1n) is 5.14. The molecular formula is C9H15N3O2S. The number of hydrogen-bond donors (Lipinski definition) is 3. The smallest absolute Gasteiger partial charge is 0.239 e. The maximum Gasteiger partial charge on any atom is 0.239 e. The van der Waals surface area contributed by atoms with Gasteiger partial charge in [-0.15, -0.1) is 11.8 Å². The zero-order valence-corrected chi connectivity index (χ0v) is 9.23. The summed E-state index contributed by atoms with van der Waals surface area (Å²) in [5.74, 6) is 1.44. The van der Waals surface area contributed by atoms with E-state index >= 15 is 0 Å². The van der Waals surface area contributed by atoms with E-state index < -0.39 is 0 Å². The Labute approximate surface area is 92.7 Å². The normalized spacial score (nSPS) is 24.9. The molecule has 84 valence electrons. The van der Waals surface area contributed by atoms with Crippen molar-refractivity contribution in [3.05, 3.63) is 0 Å². The van der Waals surface area contributed by atoms with Crippen molar-refractivity contribution in [2.24, 2.45) is 0 Å². The molecule has 1 heterocycles. The van der Waals surface area contributed by atoms with Crippen molar-refractivity contribution in [1.82, 2.24) is 16.0 Å². The third-order valence-corrected chi connectivity index (χ3v) is 3.34. The zero-order chi connectivity index (χ0) is 10.7. The summed E-state index contributed by atoms with van der Waals surface area (Å²) in [4.78, 5) is 22.7. The molecule has 2 amide bonds. The van der Waals surface area contributed by atoms with Gasteiger partial charge in [0.05, 0.1) is 12.6 Å². The molecule has 0 aromatic rings. The first-order valence-corrected chi connectivity index (χ1v) is 6.29. The molecule has 0 unspecified atom stereocenters. The predicted molar refractivity (Wildman–Crippen MR) is 58.4 cm³/mol. The second kappa shape index (κ2) is 4.85. The molecule has 1 saturated heterocycles. The SMILES string of the molecule is O=C(CNC(=O)[C@H]1CSCN1)NC1CC1. The number of carbonyl (C=O) groups is 2. The molecule has 0 aromatic carbocycles. The van der Waals surface area contributed by atoms with Crippen molar-refractivity contribution in [3.8, 4) is 0 Å². The van der Waals surface area contributed by atoms with Crippen molar-refractivity contribution in [3.63, 3.8) is 0 Å². The van der Waals surface area contributed by atoms with Crippen molar-refractivity contribution in [2.45, 2.75) is 24.9 Å². The van der Waals surface area contributed by atoms with Crippen LogP contribution in [-0.2, 0) is 9.59 Å². The van der Waals surface area contributed by atoms with E-state index in [2.05, 4.69) is 16.0 Å². The first-order chi connectivity index (χ1) is 7.25. The number of rotatable bonds is 4. The van der Waals surface area contributed by atoms with Crippen LogP contribution >= 0.6 is 11.8 Å². The van der Waals surface area contributed by atoms with Crippen LogP contribution < -0.4 is 16.0 Å². The van der Waals surface area contributed by atoms with Crippen molar-refractivity contribution < 1.29 is 9.59 Å². The summed E-state index contributed by atoms with van der Waals surface area (Å²) in [7, 11) is 0. The molecule has 2 aliphatic rings. The van der Waals surface area contributed by atoms with Crippen molar-refractivity contribution in [1.29, 1.82) is 0 Å². The Kier molecular flexibility index (Phi) is 3.48.